The van der Waals surface area contributed by atoms with Gasteiger partial charge in [-0.3, -0.25) is 0 Å². The van der Waals surface area contributed by atoms with Crippen molar-refractivity contribution in [1.29, 1.82) is 0 Å². The highest BCUT2D eigenvalue weighted by Gasteiger charge is 2.38. The van der Waals surface area contributed by atoms with E-state index in [4.69, 9.17) is 14.2 Å². The van der Waals surface area contributed by atoms with Gasteiger partial charge in [-0.15, -0.1) is 0 Å². The van der Waals surface area contributed by atoms with E-state index in [2.05, 4.69) is 0 Å². The molecule has 0 bridgehead atoms. The fourth-order valence-corrected chi connectivity index (χ4v) is 4.52. The molecule has 228 valence electrons. The summed E-state index contributed by atoms with van der Waals surface area (Å²) in [6, 6.07) is 7.36. The van der Waals surface area contributed by atoms with Gasteiger partial charge in [0.25, 0.3) is 0 Å². The molecule has 0 radical (unpaired) electrons. The smallest absolute Gasteiger partial charge is 0.344 e. The van der Waals surface area contributed by atoms with E-state index in [9.17, 15) is 60.7 Å². The Morgan fingerprint density at radius 1 is 0.614 bits per heavy atom. The molecule has 1 aliphatic heterocycles. The second kappa shape index (κ2) is 10.8. The van der Waals surface area contributed by atoms with E-state index in [1.165, 1.54) is 0 Å². The maximum atomic E-state index is 13.0. The monoisotopic (exact) mass is 610 g/mol. The molecule has 1 heterocycles. The molecule has 44 heavy (non-hydrogen) atoms. The normalized spacial score (nSPS) is 15.5. The molecule has 2 atom stereocenters. The van der Waals surface area contributed by atoms with Gasteiger partial charge in [-0.05, 0) is 36.4 Å². The van der Waals surface area contributed by atoms with Crippen LogP contribution in [-0.4, -0.2) is 69.1 Å². The number of esters is 2. The first-order valence-electron chi connectivity index (χ1n) is 12.4. The van der Waals surface area contributed by atoms with Gasteiger partial charge in [0.1, 0.15) is 23.4 Å². The molecule has 0 aromatic heterocycles. The number of rotatable bonds is 5. The molecule has 10 N–H and O–H groups in total. The number of hydrogen-bond acceptors (Lipinski definition) is 15. The van der Waals surface area contributed by atoms with E-state index >= 15 is 0 Å². The summed E-state index contributed by atoms with van der Waals surface area (Å²) in [5.41, 5.74) is -0.766. The molecule has 15 nitrogen and oxygen atoms in total. The molecule has 0 amide bonds. The van der Waals surface area contributed by atoms with Crippen LogP contribution in [0.4, 0.5) is 0 Å². The lowest BCUT2D eigenvalue weighted by atomic mass is 9.93. The summed E-state index contributed by atoms with van der Waals surface area (Å²) < 4.78 is 16.5. The van der Waals surface area contributed by atoms with Crippen LogP contribution in [0.3, 0.4) is 0 Å². The number of phenols is 10. The summed E-state index contributed by atoms with van der Waals surface area (Å²) in [7, 11) is 0. The van der Waals surface area contributed by atoms with Gasteiger partial charge in [0.2, 0.25) is 5.75 Å². The van der Waals surface area contributed by atoms with Gasteiger partial charge < -0.3 is 65.3 Å². The second-order valence-corrected chi connectivity index (χ2v) is 9.63. The Hall–Kier alpha value is -6.38. The Morgan fingerprint density at radius 3 is 1.64 bits per heavy atom. The SMILES string of the molecule is O=C(Oc1c(O)cc(C2Oc3cc(O)cc(O)c3CC2OC(=O)c2cc(O)c(O)c(O)c2)cc1O)c1cc(O)c(O)c(O)c1. The van der Waals surface area contributed by atoms with Crippen LogP contribution in [-0.2, 0) is 11.2 Å². The summed E-state index contributed by atoms with van der Waals surface area (Å²) in [5, 5.41) is 99.6. The zero-order valence-corrected chi connectivity index (χ0v) is 22.0. The van der Waals surface area contributed by atoms with Crippen molar-refractivity contribution >= 4 is 11.9 Å². The first-order valence-corrected chi connectivity index (χ1v) is 12.4. The third-order valence-corrected chi connectivity index (χ3v) is 6.63. The molecule has 4 aromatic rings. The fraction of sp³-hybridized carbons (Fsp3) is 0.103. The number of benzene rings is 4. The summed E-state index contributed by atoms with van der Waals surface area (Å²) in [5.74, 6) is -10.6. The van der Waals surface area contributed by atoms with Crippen molar-refractivity contribution in [1.82, 2.24) is 0 Å². The summed E-state index contributed by atoms with van der Waals surface area (Å²) >= 11 is 0. The van der Waals surface area contributed by atoms with Gasteiger partial charge in [-0.1, -0.05) is 0 Å². The van der Waals surface area contributed by atoms with Crippen molar-refractivity contribution in [3.8, 4) is 69.0 Å². The van der Waals surface area contributed by atoms with Crippen LogP contribution in [0.25, 0.3) is 0 Å². The summed E-state index contributed by atoms with van der Waals surface area (Å²) in [4.78, 5) is 25.5. The van der Waals surface area contributed by atoms with Gasteiger partial charge in [0, 0.05) is 29.7 Å². The zero-order chi connectivity index (χ0) is 32.0. The standard InChI is InChI=1S/C29H22O15/c30-13-7-15(31)14-9-23(43-28(40)11-3-16(32)24(38)17(33)4-11)26(42-22(14)8-13)10-1-20(36)27(21(37)2-10)44-29(41)12-5-18(34)25(39)19(35)6-12/h1-8,23,26,30-39H,9H2. The first-order chi connectivity index (χ1) is 20.7. The number of ether oxygens (including phenoxy) is 3. The van der Waals surface area contributed by atoms with Crippen LogP contribution in [0.15, 0.2) is 48.5 Å². The van der Waals surface area contributed by atoms with E-state index in [0.717, 1.165) is 48.5 Å². The van der Waals surface area contributed by atoms with Crippen molar-refractivity contribution in [2.75, 3.05) is 0 Å². The zero-order valence-electron chi connectivity index (χ0n) is 22.0. The van der Waals surface area contributed by atoms with Crippen molar-refractivity contribution in [3.63, 3.8) is 0 Å². The Labute approximate surface area is 245 Å². The van der Waals surface area contributed by atoms with Crippen LogP contribution >= 0.6 is 0 Å². The highest BCUT2D eigenvalue weighted by Crippen LogP contribution is 2.47. The van der Waals surface area contributed by atoms with E-state index in [1.54, 1.807) is 0 Å². The number of aromatic hydroxyl groups is 10. The van der Waals surface area contributed by atoms with E-state index < -0.39 is 87.2 Å². The number of carbonyl (C=O) groups excluding carboxylic acids is 2. The molecule has 0 spiro atoms. The third-order valence-electron chi connectivity index (χ3n) is 6.63. The third kappa shape index (κ3) is 5.32. The molecule has 0 fully saturated rings. The minimum absolute atomic E-state index is 0.0406. The summed E-state index contributed by atoms with van der Waals surface area (Å²) in [6.45, 7) is 0. The number of fused-ring (bicyclic) bond motifs is 1. The minimum atomic E-state index is -1.35. The second-order valence-electron chi connectivity index (χ2n) is 9.63. The lowest BCUT2D eigenvalue weighted by Crippen LogP contribution is -2.34. The van der Waals surface area contributed by atoms with Crippen LogP contribution in [0.2, 0.25) is 0 Å². The molecule has 1 aliphatic rings. The average molecular weight is 610 g/mol. The molecule has 5 rings (SSSR count). The Balaban J connectivity index is 1.49. The van der Waals surface area contributed by atoms with Gasteiger partial charge in [-0.2, -0.15) is 0 Å². The number of hydrogen-bond donors (Lipinski definition) is 10. The fourth-order valence-electron chi connectivity index (χ4n) is 4.52. The molecule has 0 aliphatic carbocycles. The average Bonchev–Trinajstić information content (AvgIpc) is 2.95. The molecule has 0 saturated heterocycles. The maximum absolute atomic E-state index is 13.0. The van der Waals surface area contributed by atoms with Crippen molar-refractivity contribution < 1.29 is 74.9 Å². The van der Waals surface area contributed by atoms with Gasteiger partial charge in [0.15, 0.2) is 52.1 Å². The Kier molecular flexibility index (Phi) is 7.14. The van der Waals surface area contributed by atoms with E-state index in [1.807, 2.05) is 0 Å². The van der Waals surface area contributed by atoms with Crippen LogP contribution in [0.1, 0.15) is 37.9 Å². The van der Waals surface area contributed by atoms with Gasteiger partial charge >= 0.3 is 11.9 Å². The predicted octanol–water partition coefficient (Wildman–Crippen LogP) is 2.86. The maximum Gasteiger partial charge on any atom is 0.344 e. The lowest BCUT2D eigenvalue weighted by molar-refractivity contribution is -0.0189. The molecule has 4 aromatic carbocycles. The highest BCUT2D eigenvalue weighted by atomic mass is 16.6. The van der Waals surface area contributed by atoms with Crippen molar-refractivity contribution in [2.45, 2.75) is 18.6 Å². The molecular weight excluding hydrogens is 588 g/mol. The molecule has 0 saturated carbocycles. The largest absolute Gasteiger partial charge is 0.508 e. The topological polar surface area (TPSA) is 264 Å². The highest BCUT2D eigenvalue weighted by molar-refractivity contribution is 5.93. The van der Waals surface area contributed by atoms with Crippen LogP contribution in [0, 0.1) is 0 Å². The number of carbonyl (C=O) groups is 2. The molecule has 2 unspecified atom stereocenters. The number of phenolic OH excluding ortho intramolecular Hbond substituents is 10. The van der Waals surface area contributed by atoms with Crippen LogP contribution < -0.4 is 9.47 Å². The van der Waals surface area contributed by atoms with Crippen molar-refractivity contribution in [3.05, 3.63) is 70.8 Å². The Morgan fingerprint density at radius 2 is 1.11 bits per heavy atom. The van der Waals surface area contributed by atoms with Crippen molar-refractivity contribution in [2.24, 2.45) is 0 Å². The minimum Gasteiger partial charge on any atom is -0.508 e. The van der Waals surface area contributed by atoms with Gasteiger partial charge in [0.05, 0.1) is 11.1 Å². The molecule has 15 heteroatoms. The predicted molar refractivity (Wildman–Crippen MR) is 144 cm³/mol. The lowest BCUT2D eigenvalue weighted by Gasteiger charge is -2.34. The van der Waals surface area contributed by atoms with Gasteiger partial charge in [-0.25, -0.2) is 9.59 Å². The van der Waals surface area contributed by atoms with E-state index in [-0.39, 0.29) is 34.6 Å². The first kappa shape index (κ1) is 29.1. The quantitative estimate of drug-likeness (QED) is 0.0884. The van der Waals surface area contributed by atoms with Crippen LogP contribution in [0.5, 0.6) is 69.0 Å². The Bertz CT molecular complexity index is 1760. The summed E-state index contributed by atoms with van der Waals surface area (Å²) in [6.07, 6.45) is -2.90. The van der Waals surface area contributed by atoms with E-state index in [0.29, 0.717) is 0 Å². The molecular formula is C29H22O15.